The van der Waals surface area contributed by atoms with Crippen LogP contribution in [0.5, 0.6) is 11.5 Å². The molecule has 5 heteroatoms. The van der Waals surface area contributed by atoms with Crippen LogP contribution in [-0.4, -0.2) is 0 Å². The van der Waals surface area contributed by atoms with Crippen LogP contribution in [0.1, 0.15) is 12.5 Å². The smallest absolute Gasteiger partial charge is 0.275 e. The molecule has 1 aliphatic rings. The van der Waals surface area contributed by atoms with Gasteiger partial charge in [0.2, 0.25) is 0 Å². The van der Waals surface area contributed by atoms with Crippen LogP contribution in [0, 0.1) is 0 Å². The maximum Gasteiger partial charge on any atom is 0.275 e. The van der Waals surface area contributed by atoms with Crippen LogP contribution in [0.25, 0.3) is 10.8 Å². The lowest BCUT2D eigenvalue weighted by Gasteiger charge is -2.23. The van der Waals surface area contributed by atoms with Gasteiger partial charge in [-0.3, -0.25) is 0 Å². The van der Waals surface area contributed by atoms with E-state index in [0.29, 0.717) is 22.2 Å². The van der Waals surface area contributed by atoms with Crippen molar-refractivity contribution < 1.29 is 9.47 Å². The third-order valence-electron chi connectivity index (χ3n) is 4.00. The van der Waals surface area contributed by atoms with Crippen LogP contribution >= 0.6 is 27.5 Å². The lowest BCUT2D eigenvalue weighted by atomic mass is 10.1. The lowest BCUT2D eigenvalue weighted by molar-refractivity contribution is -0.0679. The van der Waals surface area contributed by atoms with Crippen molar-refractivity contribution in [1.82, 2.24) is 0 Å². The van der Waals surface area contributed by atoms with Crippen molar-refractivity contribution in [1.29, 1.82) is 0 Å². The summed E-state index contributed by atoms with van der Waals surface area (Å²) in [6.07, 6.45) is 0. The van der Waals surface area contributed by atoms with Crippen LogP contribution in [0.15, 0.2) is 53.0 Å². The van der Waals surface area contributed by atoms with Gasteiger partial charge in [-0.15, -0.1) is 0 Å². The number of halogens is 2. The highest BCUT2D eigenvalue weighted by Crippen LogP contribution is 2.46. The first kappa shape index (κ1) is 14.7. The third-order valence-corrected chi connectivity index (χ3v) is 4.94. The van der Waals surface area contributed by atoms with E-state index in [1.54, 1.807) is 0 Å². The van der Waals surface area contributed by atoms with Gasteiger partial charge in [-0.2, -0.15) is 0 Å². The van der Waals surface area contributed by atoms with Gasteiger partial charge < -0.3 is 15.2 Å². The molecule has 1 heterocycles. The molecule has 0 amide bonds. The van der Waals surface area contributed by atoms with Crippen molar-refractivity contribution >= 4 is 44.0 Å². The van der Waals surface area contributed by atoms with Crippen molar-refractivity contribution in [2.24, 2.45) is 0 Å². The van der Waals surface area contributed by atoms with Gasteiger partial charge >= 0.3 is 0 Å². The second kappa shape index (κ2) is 5.05. The molecule has 0 aliphatic carbocycles. The van der Waals surface area contributed by atoms with Gasteiger partial charge in [-0.05, 0) is 75.2 Å². The molecule has 4 rings (SSSR count). The van der Waals surface area contributed by atoms with E-state index < -0.39 is 5.79 Å². The summed E-state index contributed by atoms with van der Waals surface area (Å²) in [5.41, 5.74) is 7.56. The van der Waals surface area contributed by atoms with Crippen molar-refractivity contribution in [2.75, 3.05) is 5.73 Å². The van der Waals surface area contributed by atoms with Crippen LogP contribution in [0.4, 0.5) is 5.69 Å². The molecule has 23 heavy (non-hydrogen) atoms. The topological polar surface area (TPSA) is 44.5 Å². The van der Waals surface area contributed by atoms with E-state index in [1.807, 2.05) is 55.5 Å². The number of hydrogen-bond acceptors (Lipinski definition) is 3. The van der Waals surface area contributed by atoms with Gasteiger partial charge in [0, 0.05) is 27.7 Å². The number of rotatable bonds is 1. The third kappa shape index (κ3) is 2.42. The Kier molecular flexibility index (Phi) is 3.22. The maximum atomic E-state index is 6.09. The molecule has 0 bridgehead atoms. The summed E-state index contributed by atoms with van der Waals surface area (Å²) >= 11 is 9.41. The van der Waals surface area contributed by atoms with Crippen molar-refractivity contribution in [3.05, 3.63) is 63.6 Å². The molecule has 0 aromatic heterocycles. The molecule has 3 aromatic carbocycles. The van der Waals surface area contributed by atoms with Crippen LogP contribution in [-0.2, 0) is 5.79 Å². The fourth-order valence-electron chi connectivity index (χ4n) is 2.77. The zero-order chi connectivity index (χ0) is 16.2. The Bertz CT molecular complexity index is 874. The van der Waals surface area contributed by atoms with Crippen molar-refractivity contribution in [3.63, 3.8) is 0 Å². The molecule has 2 N–H and O–H groups in total. The van der Waals surface area contributed by atoms with E-state index in [2.05, 4.69) is 15.9 Å². The first-order chi connectivity index (χ1) is 10.9. The van der Waals surface area contributed by atoms with Gasteiger partial charge in [0.05, 0.1) is 0 Å². The normalized spacial score (nSPS) is 19.3. The summed E-state index contributed by atoms with van der Waals surface area (Å²) in [5, 5.41) is 2.72. The van der Waals surface area contributed by atoms with Crippen molar-refractivity contribution in [3.8, 4) is 11.5 Å². The van der Waals surface area contributed by atoms with E-state index >= 15 is 0 Å². The Labute approximate surface area is 147 Å². The number of fused-ring (bicyclic) bond motifs is 2. The Hall–Kier alpha value is -1.91. The van der Waals surface area contributed by atoms with Gasteiger partial charge in [0.1, 0.15) is 0 Å². The number of benzene rings is 3. The second-order valence-electron chi connectivity index (χ2n) is 5.68. The molecule has 1 unspecified atom stereocenters. The quantitative estimate of drug-likeness (QED) is 0.559. The highest BCUT2D eigenvalue weighted by atomic mass is 79.9. The fraction of sp³-hybridized carbons (Fsp3) is 0.111. The number of hydrogen-bond donors (Lipinski definition) is 1. The molecule has 116 valence electrons. The van der Waals surface area contributed by atoms with E-state index in [0.717, 1.165) is 20.8 Å². The summed E-state index contributed by atoms with van der Waals surface area (Å²) in [4.78, 5) is 0. The van der Waals surface area contributed by atoms with Gasteiger partial charge in [0.25, 0.3) is 5.79 Å². The first-order valence-corrected chi connectivity index (χ1v) is 8.28. The zero-order valence-corrected chi connectivity index (χ0v) is 14.6. The van der Waals surface area contributed by atoms with Crippen LogP contribution < -0.4 is 15.2 Å². The summed E-state index contributed by atoms with van der Waals surface area (Å²) in [7, 11) is 0. The monoisotopic (exact) mass is 389 g/mol. The first-order valence-electron chi connectivity index (χ1n) is 7.11. The average molecular weight is 391 g/mol. The predicted molar refractivity (Wildman–Crippen MR) is 96.1 cm³/mol. The molecule has 0 saturated heterocycles. The van der Waals surface area contributed by atoms with Crippen LogP contribution in [0.3, 0.4) is 0 Å². The molecule has 3 nitrogen and oxygen atoms in total. The molecule has 0 spiro atoms. The second-order valence-corrected chi connectivity index (χ2v) is 6.97. The molecule has 0 radical (unpaired) electrons. The molecule has 0 saturated carbocycles. The van der Waals surface area contributed by atoms with E-state index in [4.69, 9.17) is 26.8 Å². The predicted octanol–water partition coefficient (Wildman–Crippen LogP) is 5.48. The Morgan fingerprint density at radius 2 is 1.52 bits per heavy atom. The standard InChI is InChI=1S/C18H13BrClNO2/c1-18(12-2-4-13(20)5-3-12)22-16-8-10-6-14(19)15(21)7-11(10)9-17(16)23-18/h2-9H,21H2,1H3. The molecule has 1 aliphatic heterocycles. The fourth-order valence-corrected chi connectivity index (χ4v) is 3.26. The molecule has 1 atom stereocenters. The van der Waals surface area contributed by atoms with Gasteiger partial charge in [-0.1, -0.05) is 11.6 Å². The Balaban J connectivity index is 1.79. The summed E-state index contributed by atoms with van der Waals surface area (Å²) in [6.45, 7) is 1.89. The molecule has 0 fully saturated rings. The largest absolute Gasteiger partial charge is 0.445 e. The number of anilines is 1. The summed E-state index contributed by atoms with van der Waals surface area (Å²) < 4.78 is 13.0. The zero-order valence-electron chi connectivity index (χ0n) is 12.3. The van der Waals surface area contributed by atoms with Gasteiger partial charge in [0.15, 0.2) is 11.5 Å². The summed E-state index contributed by atoms with van der Waals surface area (Å²) in [6, 6.07) is 15.3. The molecular weight excluding hydrogens is 378 g/mol. The minimum Gasteiger partial charge on any atom is -0.445 e. The molecular formula is C18H13BrClNO2. The number of nitrogens with two attached hydrogens (primary N) is 1. The highest BCUT2D eigenvalue weighted by Gasteiger charge is 2.38. The Morgan fingerprint density at radius 1 is 0.957 bits per heavy atom. The van der Waals surface area contributed by atoms with Crippen LogP contribution in [0.2, 0.25) is 5.02 Å². The minimum atomic E-state index is -0.868. The van der Waals surface area contributed by atoms with Gasteiger partial charge in [-0.25, -0.2) is 0 Å². The lowest BCUT2D eigenvalue weighted by Crippen LogP contribution is -2.31. The SMILES string of the molecule is CC1(c2ccc(Cl)cc2)Oc2cc3cc(N)c(Br)cc3cc2O1. The van der Waals surface area contributed by atoms with E-state index in [-0.39, 0.29) is 0 Å². The number of ether oxygens (including phenoxy) is 2. The average Bonchev–Trinajstić information content (AvgIpc) is 2.83. The number of nitrogen functional groups attached to an aromatic ring is 1. The maximum absolute atomic E-state index is 6.09. The highest BCUT2D eigenvalue weighted by molar-refractivity contribution is 9.10. The van der Waals surface area contributed by atoms with Crippen molar-refractivity contribution in [2.45, 2.75) is 12.7 Å². The summed E-state index contributed by atoms with van der Waals surface area (Å²) in [5.74, 6) is 0.552. The Morgan fingerprint density at radius 3 is 2.13 bits per heavy atom. The van der Waals surface area contributed by atoms with E-state index in [9.17, 15) is 0 Å². The molecule has 3 aromatic rings. The van der Waals surface area contributed by atoms with E-state index in [1.165, 1.54) is 0 Å². The minimum absolute atomic E-state index is 0.680.